The average Bonchev–Trinajstić information content (AvgIpc) is 2.94. The van der Waals surface area contributed by atoms with E-state index < -0.39 is 0 Å². The normalized spacial score (nSPS) is 19.1. The molecule has 7 nitrogen and oxygen atoms in total. The summed E-state index contributed by atoms with van der Waals surface area (Å²) < 4.78 is 7.87. The molecule has 0 spiro atoms. The first-order valence-electron chi connectivity index (χ1n) is 6.17. The van der Waals surface area contributed by atoms with Crippen molar-refractivity contribution in [2.45, 2.75) is 13.0 Å². The Morgan fingerprint density at radius 1 is 1.37 bits per heavy atom. The summed E-state index contributed by atoms with van der Waals surface area (Å²) in [4.78, 5) is 32.6. The summed E-state index contributed by atoms with van der Waals surface area (Å²) in [5.41, 5.74) is -0.192. The zero-order valence-corrected chi connectivity index (χ0v) is 10.6. The lowest BCUT2D eigenvalue weighted by Gasteiger charge is -2.12. The van der Waals surface area contributed by atoms with Crippen molar-refractivity contribution in [2.24, 2.45) is 13.0 Å². The van der Waals surface area contributed by atoms with Crippen LogP contribution in [-0.2, 0) is 18.3 Å². The third-order valence-electron chi connectivity index (χ3n) is 3.43. The lowest BCUT2D eigenvalue weighted by atomic mass is 10.1. The zero-order chi connectivity index (χ0) is 13.4. The molecular weight excluding hydrogens is 248 g/mol. The van der Waals surface area contributed by atoms with E-state index in [9.17, 15) is 9.59 Å². The minimum Gasteiger partial charge on any atom is -0.381 e. The van der Waals surface area contributed by atoms with Gasteiger partial charge in [-0.2, -0.15) is 0 Å². The molecule has 0 aliphatic carbocycles. The molecule has 19 heavy (non-hydrogen) atoms. The lowest BCUT2D eigenvalue weighted by Crippen LogP contribution is -2.41. The molecule has 0 amide bonds. The molecule has 1 aliphatic heterocycles. The van der Waals surface area contributed by atoms with Crippen LogP contribution in [0.1, 0.15) is 6.42 Å². The maximum absolute atomic E-state index is 12.3. The maximum Gasteiger partial charge on any atom is 0.332 e. The third-order valence-corrected chi connectivity index (χ3v) is 3.43. The summed E-state index contributed by atoms with van der Waals surface area (Å²) in [7, 11) is 1.60. The Bertz CT molecular complexity index is 728. The van der Waals surface area contributed by atoms with Crippen molar-refractivity contribution in [1.29, 1.82) is 0 Å². The van der Waals surface area contributed by atoms with Crippen LogP contribution in [0.3, 0.4) is 0 Å². The van der Waals surface area contributed by atoms with E-state index in [0.717, 1.165) is 6.42 Å². The summed E-state index contributed by atoms with van der Waals surface area (Å²) >= 11 is 0. The smallest absolute Gasteiger partial charge is 0.332 e. The number of aromatic nitrogens is 4. The first-order chi connectivity index (χ1) is 9.18. The van der Waals surface area contributed by atoms with Gasteiger partial charge in [0.2, 0.25) is 0 Å². The molecule has 1 atom stereocenters. The second-order valence-corrected chi connectivity index (χ2v) is 4.72. The van der Waals surface area contributed by atoms with Crippen LogP contribution in [0.15, 0.2) is 22.0 Å². The van der Waals surface area contributed by atoms with Gasteiger partial charge in [-0.25, -0.2) is 14.8 Å². The first-order valence-corrected chi connectivity index (χ1v) is 6.17. The fourth-order valence-electron chi connectivity index (χ4n) is 2.36. The molecule has 0 N–H and O–H groups in total. The van der Waals surface area contributed by atoms with Crippen molar-refractivity contribution in [3.8, 4) is 0 Å². The minimum absolute atomic E-state index is 0.208. The fraction of sp³-hybridized carbons (Fsp3) is 0.500. The summed E-state index contributed by atoms with van der Waals surface area (Å²) in [5.74, 6) is 0.208. The standard InChI is InChI=1S/C12H14N4O3/c1-15-10-9(13-3-4-14-10)11(17)16(12(15)18)6-8-2-5-19-7-8/h3-4,8H,2,5-7H2,1H3. The van der Waals surface area contributed by atoms with Crippen LogP contribution >= 0.6 is 0 Å². The van der Waals surface area contributed by atoms with E-state index in [1.165, 1.54) is 21.5 Å². The Morgan fingerprint density at radius 2 is 2.16 bits per heavy atom. The molecule has 3 heterocycles. The molecule has 1 unspecified atom stereocenters. The van der Waals surface area contributed by atoms with E-state index >= 15 is 0 Å². The Labute approximate surface area is 108 Å². The summed E-state index contributed by atoms with van der Waals surface area (Å²) in [6, 6.07) is 0. The number of rotatable bonds is 2. The second-order valence-electron chi connectivity index (χ2n) is 4.72. The van der Waals surface area contributed by atoms with Gasteiger partial charge in [-0.15, -0.1) is 0 Å². The molecule has 1 aliphatic rings. The Hall–Kier alpha value is -2.02. The molecule has 0 saturated carbocycles. The highest BCUT2D eigenvalue weighted by molar-refractivity contribution is 5.67. The molecule has 2 aromatic rings. The van der Waals surface area contributed by atoms with E-state index in [0.29, 0.717) is 25.4 Å². The molecule has 0 aromatic carbocycles. The SMILES string of the molecule is Cn1c(=O)n(CC2CCOC2)c(=O)c2nccnc21. The van der Waals surface area contributed by atoms with Gasteiger partial charge in [0, 0.05) is 38.5 Å². The van der Waals surface area contributed by atoms with Crippen molar-refractivity contribution in [3.05, 3.63) is 33.2 Å². The van der Waals surface area contributed by atoms with Crippen LogP contribution in [-0.4, -0.2) is 32.3 Å². The molecule has 0 bridgehead atoms. The number of hydrogen-bond donors (Lipinski definition) is 0. The zero-order valence-electron chi connectivity index (χ0n) is 10.6. The highest BCUT2D eigenvalue weighted by Crippen LogP contribution is 2.13. The Morgan fingerprint density at radius 3 is 2.89 bits per heavy atom. The predicted octanol–water partition coefficient (Wildman–Crippen LogP) is -0.473. The topological polar surface area (TPSA) is 79.0 Å². The lowest BCUT2D eigenvalue weighted by molar-refractivity contribution is 0.182. The van der Waals surface area contributed by atoms with Crippen molar-refractivity contribution < 1.29 is 4.74 Å². The number of hydrogen-bond acceptors (Lipinski definition) is 5. The maximum atomic E-state index is 12.3. The molecular formula is C12H14N4O3. The summed E-state index contributed by atoms with van der Waals surface area (Å²) in [6.07, 6.45) is 3.79. The largest absolute Gasteiger partial charge is 0.381 e. The molecule has 2 aromatic heterocycles. The number of aryl methyl sites for hydroxylation is 1. The van der Waals surface area contributed by atoms with Gasteiger partial charge in [-0.05, 0) is 6.42 Å². The van der Waals surface area contributed by atoms with E-state index in [4.69, 9.17) is 4.74 Å². The second kappa shape index (κ2) is 4.58. The van der Waals surface area contributed by atoms with Crippen LogP contribution in [0.25, 0.3) is 11.2 Å². The third kappa shape index (κ3) is 1.95. The Kier molecular flexibility index (Phi) is 2.90. The van der Waals surface area contributed by atoms with Gasteiger partial charge < -0.3 is 4.74 Å². The van der Waals surface area contributed by atoms with Crippen molar-refractivity contribution in [3.63, 3.8) is 0 Å². The Balaban J connectivity index is 2.18. The van der Waals surface area contributed by atoms with Crippen molar-refractivity contribution >= 4 is 11.2 Å². The van der Waals surface area contributed by atoms with Crippen LogP contribution in [0.5, 0.6) is 0 Å². The molecule has 0 radical (unpaired) electrons. The van der Waals surface area contributed by atoms with Crippen LogP contribution in [0.2, 0.25) is 0 Å². The first kappa shape index (κ1) is 12.0. The minimum atomic E-state index is -0.377. The molecule has 1 fully saturated rings. The predicted molar refractivity (Wildman–Crippen MR) is 68.0 cm³/mol. The molecule has 7 heteroatoms. The fourth-order valence-corrected chi connectivity index (χ4v) is 2.36. The summed E-state index contributed by atoms with van der Waals surface area (Å²) in [5, 5.41) is 0. The number of fused-ring (bicyclic) bond motifs is 1. The van der Waals surface area contributed by atoms with Crippen LogP contribution < -0.4 is 11.2 Å². The van der Waals surface area contributed by atoms with Gasteiger partial charge in [0.15, 0.2) is 11.2 Å². The van der Waals surface area contributed by atoms with Gasteiger partial charge in [0.1, 0.15) is 0 Å². The van der Waals surface area contributed by atoms with E-state index in [-0.39, 0.29) is 22.7 Å². The highest BCUT2D eigenvalue weighted by Gasteiger charge is 2.20. The number of nitrogens with zero attached hydrogens (tertiary/aromatic N) is 4. The number of ether oxygens (including phenoxy) is 1. The van der Waals surface area contributed by atoms with E-state index in [1.807, 2.05) is 0 Å². The highest BCUT2D eigenvalue weighted by atomic mass is 16.5. The molecule has 1 saturated heterocycles. The molecule has 3 rings (SSSR count). The van der Waals surface area contributed by atoms with Crippen LogP contribution in [0, 0.1) is 5.92 Å². The monoisotopic (exact) mass is 262 g/mol. The molecule has 100 valence electrons. The van der Waals surface area contributed by atoms with Gasteiger partial charge in [-0.1, -0.05) is 0 Å². The van der Waals surface area contributed by atoms with Crippen LogP contribution in [0.4, 0.5) is 0 Å². The van der Waals surface area contributed by atoms with Gasteiger partial charge in [-0.3, -0.25) is 13.9 Å². The summed E-state index contributed by atoms with van der Waals surface area (Å²) in [6.45, 7) is 1.65. The van der Waals surface area contributed by atoms with Gasteiger partial charge in [0.25, 0.3) is 5.56 Å². The quantitative estimate of drug-likeness (QED) is 0.731. The van der Waals surface area contributed by atoms with Crippen molar-refractivity contribution in [1.82, 2.24) is 19.1 Å². The average molecular weight is 262 g/mol. The van der Waals surface area contributed by atoms with E-state index in [2.05, 4.69) is 9.97 Å². The van der Waals surface area contributed by atoms with Gasteiger partial charge >= 0.3 is 5.69 Å². The van der Waals surface area contributed by atoms with E-state index in [1.54, 1.807) is 7.05 Å². The van der Waals surface area contributed by atoms with Crippen molar-refractivity contribution in [2.75, 3.05) is 13.2 Å². The van der Waals surface area contributed by atoms with Gasteiger partial charge in [0.05, 0.1) is 6.61 Å².